The summed E-state index contributed by atoms with van der Waals surface area (Å²) in [6, 6.07) is 2.93. The number of hydrogen-bond donors (Lipinski definition) is 1. The summed E-state index contributed by atoms with van der Waals surface area (Å²) in [5.41, 5.74) is 7.12. The molecule has 1 fully saturated rings. The third kappa shape index (κ3) is 1.53. The largest absolute Gasteiger partial charge is 0.387 e. The van der Waals surface area contributed by atoms with Gasteiger partial charge in [-0.2, -0.15) is 0 Å². The number of aryl methyl sites for hydroxylation is 1. The van der Waals surface area contributed by atoms with Crippen LogP contribution in [0.1, 0.15) is 35.7 Å². The van der Waals surface area contributed by atoms with Crippen molar-refractivity contribution in [1.29, 1.82) is 0 Å². The molecule has 1 atom stereocenters. The van der Waals surface area contributed by atoms with E-state index in [9.17, 15) is 0 Å². The molecular weight excluding hydrogens is 220 g/mol. The highest BCUT2D eigenvalue weighted by Crippen LogP contribution is 2.40. The summed E-state index contributed by atoms with van der Waals surface area (Å²) >= 11 is 1.78. The van der Waals surface area contributed by atoms with Crippen LogP contribution in [0.5, 0.6) is 0 Å². The second kappa shape index (κ2) is 3.79. The molecule has 1 unspecified atom stereocenters. The van der Waals surface area contributed by atoms with Crippen molar-refractivity contribution in [3.63, 3.8) is 0 Å². The average molecular weight is 236 g/mol. The van der Waals surface area contributed by atoms with Gasteiger partial charge in [0.25, 0.3) is 0 Å². The average Bonchev–Trinajstić information content (AvgIpc) is 2.70. The van der Waals surface area contributed by atoms with Crippen LogP contribution in [0, 0.1) is 6.92 Å². The maximum absolute atomic E-state index is 5.79. The molecule has 0 amide bonds. The molecule has 0 aromatic carbocycles. The summed E-state index contributed by atoms with van der Waals surface area (Å²) in [5.74, 6) is 0.546. The Kier molecular flexibility index (Phi) is 2.41. The van der Waals surface area contributed by atoms with Crippen molar-refractivity contribution in [1.82, 2.24) is 5.06 Å². The van der Waals surface area contributed by atoms with E-state index in [-0.39, 0.29) is 6.04 Å². The number of thiophene rings is 1. The van der Waals surface area contributed by atoms with Gasteiger partial charge in [-0.3, -0.25) is 0 Å². The first-order valence-electron chi connectivity index (χ1n) is 5.73. The maximum Gasteiger partial charge on any atom is 0.207 e. The molecule has 1 aromatic heterocycles. The van der Waals surface area contributed by atoms with Gasteiger partial charge in [0.2, 0.25) is 5.88 Å². The van der Waals surface area contributed by atoms with Gasteiger partial charge >= 0.3 is 0 Å². The van der Waals surface area contributed by atoms with Gasteiger partial charge in [-0.05, 0) is 36.8 Å². The first kappa shape index (κ1) is 10.2. The third-order valence-corrected chi connectivity index (χ3v) is 4.50. The van der Waals surface area contributed by atoms with Gasteiger partial charge in [-0.1, -0.05) is 6.42 Å². The molecule has 1 aliphatic heterocycles. The van der Waals surface area contributed by atoms with Crippen LogP contribution >= 0.6 is 11.3 Å². The van der Waals surface area contributed by atoms with Crippen LogP contribution in [0.25, 0.3) is 0 Å². The molecule has 1 aromatic rings. The first-order chi connectivity index (χ1) is 7.75. The van der Waals surface area contributed by atoms with E-state index in [0.717, 1.165) is 0 Å². The zero-order valence-electron chi connectivity index (χ0n) is 9.35. The Balaban J connectivity index is 1.88. The fourth-order valence-corrected chi connectivity index (χ4v) is 3.24. The minimum Gasteiger partial charge on any atom is -0.387 e. The fourth-order valence-electron chi connectivity index (χ4n) is 2.26. The number of hydrogen-bond acceptors (Lipinski definition) is 4. The predicted molar refractivity (Wildman–Crippen MR) is 64.6 cm³/mol. The van der Waals surface area contributed by atoms with Gasteiger partial charge < -0.3 is 10.6 Å². The van der Waals surface area contributed by atoms with E-state index in [1.54, 1.807) is 11.3 Å². The fraction of sp³-hybridized carbons (Fsp3) is 0.500. The van der Waals surface area contributed by atoms with Gasteiger partial charge in [-0.15, -0.1) is 16.4 Å². The van der Waals surface area contributed by atoms with E-state index in [2.05, 4.69) is 23.4 Å². The van der Waals surface area contributed by atoms with Crippen molar-refractivity contribution in [2.24, 2.45) is 5.73 Å². The Labute approximate surface area is 99.5 Å². The Morgan fingerprint density at radius 3 is 2.88 bits per heavy atom. The molecule has 0 saturated heterocycles. The Morgan fingerprint density at radius 2 is 2.31 bits per heavy atom. The highest BCUT2D eigenvalue weighted by Gasteiger charge is 2.37. The van der Waals surface area contributed by atoms with Crippen molar-refractivity contribution in [2.45, 2.75) is 38.3 Å². The van der Waals surface area contributed by atoms with Gasteiger partial charge in [0.1, 0.15) is 6.04 Å². The molecule has 2 aliphatic rings. The predicted octanol–water partition coefficient (Wildman–Crippen LogP) is 2.70. The van der Waals surface area contributed by atoms with E-state index in [1.807, 2.05) is 6.08 Å². The lowest BCUT2D eigenvalue weighted by Crippen LogP contribution is -2.39. The second-order valence-corrected chi connectivity index (χ2v) is 5.47. The topological polar surface area (TPSA) is 38.5 Å². The molecule has 1 saturated carbocycles. The number of nitrogens with zero attached hydrogens (tertiary/aromatic N) is 1. The maximum atomic E-state index is 5.79. The van der Waals surface area contributed by atoms with Crippen LogP contribution in [-0.2, 0) is 4.84 Å². The van der Waals surface area contributed by atoms with Crippen LogP contribution in [-0.4, -0.2) is 11.1 Å². The lowest BCUT2D eigenvalue weighted by Gasteiger charge is -2.36. The summed E-state index contributed by atoms with van der Waals surface area (Å²) in [7, 11) is 0. The summed E-state index contributed by atoms with van der Waals surface area (Å²) in [4.78, 5) is 6.99. The van der Waals surface area contributed by atoms with E-state index in [1.165, 1.54) is 29.7 Å². The summed E-state index contributed by atoms with van der Waals surface area (Å²) in [6.07, 6.45) is 5.78. The van der Waals surface area contributed by atoms with Crippen LogP contribution < -0.4 is 5.73 Å². The molecule has 3 rings (SSSR count). The van der Waals surface area contributed by atoms with Crippen molar-refractivity contribution >= 4 is 11.3 Å². The molecule has 2 heterocycles. The number of nitrogens with two attached hydrogens (primary N) is 1. The van der Waals surface area contributed by atoms with Crippen molar-refractivity contribution in [3.8, 4) is 0 Å². The highest BCUT2D eigenvalue weighted by molar-refractivity contribution is 7.10. The highest BCUT2D eigenvalue weighted by atomic mass is 32.1. The van der Waals surface area contributed by atoms with Crippen LogP contribution in [0.2, 0.25) is 0 Å². The lowest BCUT2D eigenvalue weighted by molar-refractivity contribution is -0.169. The summed E-state index contributed by atoms with van der Waals surface area (Å²) < 4.78 is 0. The van der Waals surface area contributed by atoms with Crippen molar-refractivity contribution < 1.29 is 4.84 Å². The third-order valence-electron chi connectivity index (χ3n) is 3.41. The van der Waals surface area contributed by atoms with E-state index >= 15 is 0 Å². The Bertz CT molecular complexity index is 422. The minimum atomic E-state index is 0.227. The molecule has 0 radical (unpaired) electrons. The molecule has 3 nitrogen and oxygen atoms in total. The van der Waals surface area contributed by atoms with Gasteiger partial charge in [0, 0.05) is 17.0 Å². The molecule has 0 bridgehead atoms. The standard InChI is InChI=1S/C12H16N2OS/c1-8-5-6-16-12(8)10-7-11(13)15-14(10)9-3-2-4-9/h5-7,9-10H,2-4,13H2,1H3. The molecule has 0 spiro atoms. The van der Waals surface area contributed by atoms with E-state index < -0.39 is 0 Å². The monoisotopic (exact) mass is 236 g/mol. The normalized spacial score (nSPS) is 26.3. The van der Waals surface area contributed by atoms with E-state index in [4.69, 9.17) is 10.6 Å². The zero-order chi connectivity index (χ0) is 11.1. The first-order valence-corrected chi connectivity index (χ1v) is 6.61. The second-order valence-electron chi connectivity index (χ2n) is 4.52. The van der Waals surface area contributed by atoms with Crippen LogP contribution in [0.4, 0.5) is 0 Å². The molecule has 86 valence electrons. The van der Waals surface area contributed by atoms with Crippen LogP contribution in [0.15, 0.2) is 23.4 Å². The molecule has 16 heavy (non-hydrogen) atoms. The molecular formula is C12H16N2OS. The SMILES string of the molecule is Cc1ccsc1C1C=C(N)ON1C1CCC1. The lowest BCUT2D eigenvalue weighted by atomic mass is 9.92. The number of hydroxylamine groups is 2. The quantitative estimate of drug-likeness (QED) is 0.858. The molecule has 1 aliphatic carbocycles. The van der Waals surface area contributed by atoms with Gasteiger partial charge in [-0.25, -0.2) is 0 Å². The van der Waals surface area contributed by atoms with E-state index in [0.29, 0.717) is 11.9 Å². The molecule has 2 N–H and O–H groups in total. The van der Waals surface area contributed by atoms with Gasteiger partial charge in [0.15, 0.2) is 0 Å². The summed E-state index contributed by atoms with van der Waals surface area (Å²) in [6.45, 7) is 2.15. The van der Waals surface area contributed by atoms with Crippen LogP contribution in [0.3, 0.4) is 0 Å². The van der Waals surface area contributed by atoms with Crippen molar-refractivity contribution in [2.75, 3.05) is 0 Å². The Hall–Kier alpha value is -1.00. The smallest absolute Gasteiger partial charge is 0.207 e. The van der Waals surface area contributed by atoms with Gasteiger partial charge in [0.05, 0.1) is 0 Å². The summed E-state index contributed by atoms with van der Waals surface area (Å²) in [5, 5.41) is 4.21. The minimum absolute atomic E-state index is 0.227. The zero-order valence-corrected chi connectivity index (χ0v) is 10.2. The number of rotatable bonds is 2. The Morgan fingerprint density at radius 1 is 1.50 bits per heavy atom. The molecule has 4 heteroatoms. The van der Waals surface area contributed by atoms with Crippen molar-refractivity contribution in [3.05, 3.63) is 33.8 Å².